The third kappa shape index (κ3) is 2.57. The minimum Gasteiger partial charge on any atom is -0.271 e. The second-order valence-electron chi connectivity index (χ2n) is 5.23. The number of halogens is 2. The minimum absolute atomic E-state index is 0.122. The summed E-state index contributed by atoms with van der Waals surface area (Å²) in [6, 6.07) is 14.6. The van der Waals surface area contributed by atoms with Crippen molar-refractivity contribution in [3.63, 3.8) is 0 Å². The fourth-order valence-electron chi connectivity index (χ4n) is 2.86. The van der Waals surface area contributed by atoms with Crippen LogP contribution in [0.3, 0.4) is 0 Å². The van der Waals surface area contributed by atoms with Crippen LogP contribution in [0.15, 0.2) is 48.5 Å². The topological polar surface area (TPSA) is 38.0 Å². The molecule has 3 atom stereocenters. The van der Waals surface area contributed by atoms with Crippen LogP contribution in [0.5, 0.6) is 0 Å². The molecule has 2 nitrogen and oxygen atoms in total. The molecule has 0 saturated heterocycles. The lowest BCUT2D eigenvalue weighted by Gasteiger charge is -2.18. The Hall–Kier alpha value is -1.42. The van der Waals surface area contributed by atoms with E-state index in [1.807, 2.05) is 18.2 Å². The van der Waals surface area contributed by atoms with Gasteiger partial charge in [-0.05, 0) is 47.6 Å². The van der Waals surface area contributed by atoms with Crippen LogP contribution >= 0.6 is 11.6 Å². The molecule has 104 valence electrons. The Morgan fingerprint density at radius 1 is 1.20 bits per heavy atom. The molecular weight excluding hydrogens is 275 g/mol. The molecule has 4 heteroatoms. The number of nitrogens with one attached hydrogen (secondary N) is 1. The van der Waals surface area contributed by atoms with Gasteiger partial charge in [0, 0.05) is 5.02 Å². The lowest BCUT2D eigenvalue weighted by Crippen LogP contribution is -2.30. The van der Waals surface area contributed by atoms with Gasteiger partial charge in [-0.25, -0.2) is 4.39 Å². The Bertz CT molecular complexity index is 603. The molecule has 3 rings (SSSR count). The maximum absolute atomic E-state index is 13.4. The van der Waals surface area contributed by atoms with Gasteiger partial charge >= 0.3 is 0 Å². The Morgan fingerprint density at radius 2 is 1.95 bits per heavy atom. The molecular formula is C16H16ClFN2. The van der Waals surface area contributed by atoms with E-state index >= 15 is 0 Å². The van der Waals surface area contributed by atoms with Gasteiger partial charge in [0.1, 0.15) is 5.82 Å². The van der Waals surface area contributed by atoms with Crippen LogP contribution in [0, 0.1) is 11.7 Å². The maximum atomic E-state index is 13.4. The summed E-state index contributed by atoms with van der Waals surface area (Å²) in [4.78, 5) is 0. The number of hydrogen-bond donors (Lipinski definition) is 2. The van der Waals surface area contributed by atoms with Gasteiger partial charge in [0.25, 0.3) is 0 Å². The van der Waals surface area contributed by atoms with Gasteiger partial charge in [-0.1, -0.05) is 41.9 Å². The van der Waals surface area contributed by atoms with E-state index in [1.54, 1.807) is 6.07 Å². The van der Waals surface area contributed by atoms with Gasteiger partial charge in [0.05, 0.1) is 6.04 Å². The first-order chi connectivity index (χ1) is 9.70. The van der Waals surface area contributed by atoms with Crippen LogP contribution < -0.4 is 11.3 Å². The zero-order valence-corrected chi connectivity index (χ0v) is 11.6. The summed E-state index contributed by atoms with van der Waals surface area (Å²) in [5.41, 5.74) is 4.83. The summed E-state index contributed by atoms with van der Waals surface area (Å²) >= 11 is 6.17. The highest BCUT2D eigenvalue weighted by Gasteiger charge is 2.44. The zero-order valence-electron chi connectivity index (χ0n) is 10.9. The first-order valence-electron chi connectivity index (χ1n) is 6.66. The molecule has 1 aliphatic carbocycles. The third-order valence-electron chi connectivity index (χ3n) is 3.97. The fourth-order valence-corrected chi connectivity index (χ4v) is 3.10. The molecule has 3 N–H and O–H groups in total. The molecule has 20 heavy (non-hydrogen) atoms. The predicted octanol–water partition coefficient (Wildman–Crippen LogP) is 3.79. The first kappa shape index (κ1) is 13.6. The van der Waals surface area contributed by atoms with E-state index in [0.717, 1.165) is 12.0 Å². The first-order valence-corrected chi connectivity index (χ1v) is 7.04. The number of benzene rings is 2. The van der Waals surface area contributed by atoms with Crippen molar-refractivity contribution in [1.29, 1.82) is 0 Å². The predicted molar refractivity (Wildman–Crippen MR) is 78.8 cm³/mol. The molecule has 1 aliphatic rings. The van der Waals surface area contributed by atoms with Crippen molar-refractivity contribution in [1.82, 2.24) is 5.43 Å². The summed E-state index contributed by atoms with van der Waals surface area (Å²) in [5, 5.41) is 0.549. The summed E-state index contributed by atoms with van der Waals surface area (Å²) < 4.78 is 13.4. The average Bonchev–Trinajstić information content (AvgIpc) is 3.25. The van der Waals surface area contributed by atoms with Crippen molar-refractivity contribution >= 4 is 11.6 Å². The van der Waals surface area contributed by atoms with Crippen molar-refractivity contribution < 1.29 is 4.39 Å². The van der Waals surface area contributed by atoms with E-state index in [4.69, 9.17) is 17.4 Å². The normalized spacial score (nSPS) is 22.6. The number of hydrazine groups is 1. The van der Waals surface area contributed by atoms with Gasteiger partial charge in [-0.3, -0.25) is 11.3 Å². The standard InChI is InChI=1S/C16H16ClFN2/c17-15-7-6-11(18)8-14(15)16(20-19)13-9-12(13)10-4-2-1-3-5-10/h1-8,12-13,16,20H,9,19H2. The van der Waals surface area contributed by atoms with E-state index in [-0.39, 0.29) is 11.9 Å². The second-order valence-corrected chi connectivity index (χ2v) is 5.63. The van der Waals surface area contributed by atoms with E-state index in [2.05, 4.69) is 17.6 Å². The minimum atomic E-state index is -0.290. The molecule has 0 amide bonds. The van der Waals surface area contributed by atoms with Crippen LogP contribution in [0.2, 0.25) is 5.02 Å². The fraction of sp³-hybridized carbons (Fsp3) is 0.250. The van der Waals surface area contributed by atoms with Crippen LogP contribution in [0.25, 0.3) is 0 Å². The highest BCUT2D eigenvalue weighted by molar-refractivity contribution is 6.31. The van der Waals surface area contributed by atoms with Crippen LogP contribution in [-0.2, 0) is 0 Å². The van der Waals surface area contributed by atoms with E-state index < -0.39 is 0 Å². The lowest BCUT2D eigenvalue weighted by molar-refractivity contribution is 0.484. The van der Waals surface area contributed by atoms with Crippen molar-refractivity contribution in [2.45, 2.75) is 18.4 Å². The molecule has 0 bridgehead atoms. The summed E-state index contributed by atoms with van der Waals surface area (Å²) in [5.74, 6) is 6.19. The highest BCUT2D eigenvalue weighted by Crippen LogP contribution is 2.54. The van der Waals surface area contributed by atoms with Crippen molar-refractivity contribution in [3.8, 4) is 0 Å². The van der Waals surface area contributed by atoms with Gasteiger partial charge in [0.2, 0.25) is 0 Å². The smallest absolute Gasteiger partial charge is 0.123 e. The Labute approximate surface area is 122 Å². The second kappa shape index (κ2) is 5.52. The van der Waals surface area contributed by atoms with Crippen molar-refractivity contribution in [2.24, 2.45) is 11.8 Å². The van der Waals surface area contributed by atoms with Crippen LogP contribution in [-0.4, -0.2) is 0 Å². The SMILES string of the molecule is NNC(c1cc(F)ccc1Cl)C1CC1c1ccccc1. The number of nitrogens with two attached hydrogens (primary N) is 1. The number of hydrogen-bond acceptors (Lipinski definition) is 2. The van der Waals surface area contributed by atoms with Gasteiger partial charge in [0.15, 0.2) is 0 Å². The van der Waals surface area contributed by atoms with E-state index in [1.165, 1.54) is 17.7 Å². The average molecular weight is 291 g/mol. The molecule has 1 fully saturated rings. The Balaban J connectivity index is 1.84. The highest BCUT2D eigenvalue weighted by atomic mass is 35.5. The molecule has 0 aromatic heterocycles. The molecule has 2 aromatic rings. The van der Waals surface area contributed by atoms with E-state index in [0.29, 0.717) is 16.9 Å². The summed E-state index contributed by atoms with van der Waals surface area (Å²) in [7, 11) is 0. The third-order valence-corrected chi connectivity index (χ3v) is 4.31. The molecule has 0 heterocycles. The van der Waals surface area contributed by atoms with Gasteiger partial charge < -0.3 is 0 Å². The quantitative estimate of drug-likeness (QED) is 0.664. The number of rotatable bonds is 4. The zero-order chi connectivity index (χ0) is 14.1. The van der Waals surface area contributed by atoms with E-state index in [9.17, 15) is 4.39 Å². The molecule has 3 unspecified atom stereocenters. The van der Waals surface area contributed by atoms with Gasteiger partial charge in [-0.15, -0.1) is 0 Å². The summed E-state index contributed by atoms with van der Waals surface area (Å²) in [6.07, 6.45) is 1.03. The molecule has 0 radical (unpaired) electrons. The Morgan fingerprint density at radius 3 is 2.65 bits per heavy atom. The lowest BCUT2D eigenvalue weighted by atomic mass is 9.99. The maximum Gasteiger partial charge on any atom is 0.123 e. The molecule has 0 spiro atoms. The molecule has 1 saturated carbocycles. The largest absolute Gasteiger partial charge is 0.271 e. The van der Waals surface area contributed by atoms with Gasteiger partial charge in [-0.2, -0.15) is 0 Å². The van der Waals surface area contributed by atoms with Crippen molar-refractivity contribution in [3.05, 3.63) is 70.5 Å². The van der Waals surface area contributed by atoms with Crippen LogP contribution in [0.4, 0.5) is 4.39 Å². The monoisotopic (exact) mass is 290 g/mol. The molecule has 0 aliphatic heterocycles. The summed E-state index contributed by atoms with van der Waals surface area (Å²) in [6.45, 7) is 0. The molecule has 2 aromatic carbocycles. The van der Waals surface area contributed by atoms with Crippen molar-refractivity contribution in [2.75, 3.05) is 0 Å². The Kier molecular flexibility index (Phi) is 3.74. The van der Waals surface area contributed by atoms with Crippen LogP contribution in [0.1, 0.15) is 29.5 Å².